The Hall–Kier alpha value is -4.09. The van der Waals surface area contributed by atoms with E-state index in [-0.39, 0.29) is 10.7 Å². The van der Waals surface area contributed by atoms with Crippen molar-refractivity contribution < 1.29 is 22.3 Å². The second kappa shape index (κ2) is 13.0. The fourth-order valence-corrected chi connectivity index (χ4v) is 6.14. The van der Waals surface area contributed by atoms with Crippen molar-refractivity contribution in [3.8, 4) is 11.4 Å². The van der Waals surface area contributed by atoms with E-state index in [2.05, 4.69) is 10.5 Å². The summed E-state index contributed by atoms with van der Waals surface area (Å²) in [4.78, 5) is 14.0. The van der Waals surface area contributed by atoms with Gasteiger partial charge < -0.3 is 9.30 Å². The number of anilines is 1. The fraction of sp³-hybridized carbons (Fsp3) is 0.200. The van der Waals surface area contributed by atoms with Crippen LogP contribution in [0.4, 0.5) is 10.1 Å². The maximum Gasteiger partial charge on any atom is 0.264 e. The van der Waals surface area contributed by atoms with Gasteiger partial charge in [-0.25, -0.2) is 18.2 Å². The van der Waals surface area contributed by atoms with E-state index >= 15 is 0 Å². The van der Waals surface area contributed by atoms with E-state index in [0.29, 0.717) is 18.0 Å². The Morgan fingerprint density at radius 1 is 1.05 bits per heavy atom. The van der Waals surface area contributed by atoms with Crippen LogP contribution in [0.25, 0.3) is 5.69 Å². The summed E-state index contributed by atoms with van der Waals surface area (Å²) in [6.45, 7) is 5.64. The predicted molar refractivity (Wildman–Crippen MR) is 161 cm³/mol. The van der Waals surface area contributed by atoms with Crippen LogP contribution in [0.3, 0.4) is 0 Å². The van der Waals surface area contributed by atoms with E-state index in [1.54, 1.807) is 48.5 Å². The number of carbonyl (C=O) groups is 1. The number of hydrogen-bond acceptors (Lipinski definition) is 6. The minimum Gasteiger partial charge on any atom is -0.494 e. The number of sulfonamides is 1. The van der Waals surface area contributed by atoms with Crippen molar-refractivity contribution in [2.45, 2.75) is 30.6 Å². The van der Waals surface area contributed by atoms with Crippen LogP contribution in [-0.2, 0) is 14.8 Å². The lowest BCUT2D eigenvalue weighted by molar-refractivity contribution is -0.119. The van der Waals surface area contributed by atoms with Crippen LogP contribution in [-0.4, -0.2) is 44.5 Å². The van der Waals surface area contributed by atoms with Gasteiger partial charge in [0.05, 0.1) is 23.4 Å². The van der Waals surface area contributed by atoms with Gasteiger partial charge in [0.15, 0.2) is 0 Å². The molecule has 1 heterocycles. The van der Waals surface area contributed by atoms with E-state index in [0.717, 1.165) is 31.8 Å². The van der Waals surface area contributed by atoms with Crippen molar-refractivity contribution in [3.05, 3.63) is 102 Å². The number of rotatable bonds is 11. The maximum absolute atomic E-state index is 13.7. The number of ether oxygens (including phenoxy) is 1. The summed E-state index contributed by atoms with van der Waals surface area (Å²) in [5.41, 5.74) is 6.05. The van der Waals surface area contributed by atoms with Crippen molar-refractivity contribution in [3.63, 3.8) is 0 Å². The van der Waals surface area contributed by atoms with Crippen molar-refractivity contribution >= 4 is 39.6 Å². The Balaban J connectivity index is 1.55. The third-order valence-electron chi connectivity index (χ3n) is 6.32. The van der Waals surface area contributed by atoms with Crippen molar-refractivity contribution in [2.75, 3.05) is 23.7 Å². The standard InChI is InChI=1S/C30H31FN4O4S2/c1-5-39-27-12-10-25(11-13-27)34(41(37,38)29-16-14-28(40-4)15-17-29)20-30(36)33-32-19-23-18-21(2)35(22(23)3)26-8-6-24(31)7-9-26/h6-19H,5,20H2,1-4H3,(H,33,36)/b32-19-. The molecule has 41 heavy (non-hydrogen) atoms. The minimum absolute atomic E-state index is 0.0636. The molecular weight excluding hydrogens is 563 g/mol. The largest absolute Gasteiger partial charge is 0.494 e. The molecule has 4 rings (SSSR count). The number of carbonyl (C=O) groups excluding carboxylic acids is 1. The molecule has 0 aliphatic carbocycles. The third-order valence-corrected chi connectivity index (χ3v) is 8.85. The zero-order valence-corrected chi connectivity index (χ0v) is 24.8. The van der Waals surface area contributed by atoms with Gasteiger partial charge in [0.2, 0.25) is 0 Å². The number of nitrogens with zero attached hydrogens (tertiary/aromatic N) is 3. The smallest absolute Gasteiger partial charge is 0.264 e. The van der Waals surface area contributed by atoms with Crippen LogP contribution in [0.15, 0.2) is 93.8 Å². The van der Waals surface area contributed by atoms with Gasteiger partial charge >= 0.3 is 0 Å². The van der Waals surface area contributed by atoms with Crippen LogP contribution >= 0.6 is 11.8 Å². The van der Waals surface area contributed by atoms with E-state index < -0.39 is 22.5 Å². The summed E-state index contributed by atoms with van der Waals surface area (Å²) in [5.74, 6) is -0.351. The highest BCUT2D eigenvalue weighted by Crippen LogP contribution is 2.27. The van der Waals surface area contributed by atoms with Gasteiger partial charge in [-0.1, -0.05) is 0 Å². The lowest BCUT2D eigenvalue weighted by Gasteiger charge is -2.24. The highest BCUT2D eigenvalue weighted by atomic mass is 32.2. The lowest BCUT2D eigenvalue weighted by atomic mass is 10.2. The molecule has 0 bridgehead atoms. The number of amides is 1. The number of aryl methyl sites for hydroxylation is 1. The van der Waals surface area contributed by atoms with Crippen molar-refractivity contribution in [1.29, 1.82) is 0 Å². The second-order valence-corrected chi connectivity index (χ2v) is 11.8. The zero-order valence-electron chi connectivity index (χ0n) is 23.2. The molecule has 0 atom stereocenters. The number of aromatic nitrogens is 1. The van der Waals surface area contributed by atoms with E-state index in [1.807, 2.05) is 37.7 Å². The molecule has 1 N–H and O–H groups in total. The number of benzene rings is 3. The molecule has 0 radical (unpaired) electrons. The monoisotopic (exact) mass is 594 g/mol. The molecule has 8 nitrogen and oxygen atoms in total. The Morgan fingerprint density at radius 3 is 2.32 bits per heavy atom. The first-order valence-electron chi connectivity index (χ1n) is 12.8. The fourth-order valence-electron chi connectivity index (χ4n) is 4.31. The summed E-state index contributed by atoms with van der Waals surface area (Å²) < 4.78 is 49.2. The topological polar surface area (TPSA) is 93.0 Å². The quantitative estimate of drug-likeness (QED) is 0.137. The summed E-state index contributed by atoms with van der Waals surface area (Å²) in [5, 5.41) is 4.09. The molecule has 0 unspecified atom stereocenters. The normalized spacial score (nSPS) is 11.5. The number of hydrogen-bond donors (Lipinski definition) is 1. The molecule has 3 aromatic carbocycles. The molecule has 4 aromatic rings. The van der Waals surface area contributed by atoms with E-state index in [1.165, 1.54) is 42.2 Å². The van der Waals surface area contributed by atoms with Gasteiger partial charge in [-0.2, -0.15) is 5.10 Å². The summed E-state index contributed by atoms with van der Waals surface area (Å²) in [6.07, 6.45) is 3.40. The average molecular weight is 595 g/mol. The number of halogens is 1. The first kappa shape index (κ1) is 29.9. The van der Waals surface area contributed by atoms with Crippen LogP contribution in [0.1, 0.15) is 23.9 Å². The molecule has 0 saturated carbocycles. The van der Waals surface area contributed by atoms with Crippen LogP contribution in [0.2, 0.25) is 0 Å². The van der Waals surface area contributed by atoms with Crippen molar-refractivity contribution in [1.82, 2.24) is 9.99 Å². The van der Waals surface area contributed by atoms with Crippen LogP contribution < -0.4 is 14.5 Å². The first-order chi connectivity index (χ1) is 19.6. The van der Waals surface area contributed by atoms with Gasteiger partial charge in [0.25, 0.3) is 15.9 Å². The summed E-state index contributed by atoms with van der Waals surface area (Å²) in [6, 6.07) is 21.0. The van der Waals surface area contributed by atoms with E-state index in [9.17, 15) is 17.6 Å². The third kappa shape index (κ3) is 6.98. The first-order valence-corrected chi connectivity index (χ1v) is 15.5. The SMILES string of the molecule is CCOc1ccc(N(CC(=O)N/N=C\c2cc(C)n(-c3ccc(F)cc3)c2C)S(=O)(=O)c2ccc(SC)cc2)cc1. The molecule has 0 spiro atoms. The molecule has 0 saturated heterocycles. The molecule has 214 valence electrons. The second-order valence-electron chi connectivity index (χ2n) is 9.05. The highest BCUT2D eigenvalue weighted by molar-refractivity contribution is 7.98. The van der Waals surface area contributed by atoms with Gasteiger partial charge in [-0.3, -0.25) is 9.10 Å². The molecule has 1 aromatic heterocycles. The van der Waals surface area contributed by atoms with Crippen LogP contribution in [0.5, 0.6) is 5.75 Å². The number of thioether (sulfide) groups is 1. The molecule has 1 amide bonds. The van der Waals surface area contributed by atoms with Gasteiger partial charge in [0.1, 0.15) is 18.1 Å². The Kier molecular flexibility index (Phi) is 9.51. The summed E-state index contributed by atoms with van der Waals surface area (Å²) in [7, 11) is -4.08. The van der Waals surface area contributed by atoms with Gasteiger partial charge in [-0.15, -0.1) is 11.8 Å². The molecular formula is C30H31FN4O4S2. The van der Waals surface area contributed by atoms with Gasteiger partial charge in [0, 0.05) is 27.5 Å². The predicted octanol–water partition coefficient (Wildman–Crippen LogP) is 5.70. The summed E-state index contributed by atoms with van der Waals surface area (Å²) >= 11 is 1.50. The molecule has 0 aliphatic rings. The number of nitrogens with one attached hydrogen (secondary N) is 1. The zero-order chi connectivity index (χ0) is 29.6. The Labute approximate surface area is 243 Å². The van der Waals surface area contributed by atoms with E-state index in [4.69, 9.17) is 4.74 Å². The van der Waals surface area contributed by atoms with Crippen LogP contribution in [0, 0.1) is 19.7 Å². The Bertz CT molecular complexity index is 1630. The number of hydrazone groups is 1. The average Bonchev–Trinajstić information content (AvgIpc) is 3.25. The Morgan fingerprint density at radius 2 is 1.71 bits per heavy atom. The maximum atomic E-state index is 13.7. The minimum atomic E-state index is -4.08. The van der Waals surface area contributed by atoms with Crippen molar-refractivity contribution in [2.24, 2.45) is 5.10 Å². The highest BCUT2D eigenvalue weighted by Gasteiger charge is 2.27. The van der Waals surface area contributed by atoms with Gasteiger partial charge in [-0.05, 0) is 106 Å². The molecule has 11 heteroatoms. The molecule has 0 fully saturated rings. The molecule has 0 aliphatic heterocycles. The lowest BCUT2D eigenvalue weighted by Crippen LogP contribution is -2.39.